The van der Waals surface area contributed by atoms with E-state index in [1.807, 2.05) is 30.3 Å². The summed E-state index contributed by atoms with van der Waals surface area (Å²) in [6, 6.07) is 9.18. The van der Waals surface area contributed by atoms with E-state index in [4.69, 9.17) is 4.74 Å². The number of carbonyl (C=O) groups is 1. The van der Waals surface area contributed by atoms with Crippen molar-refractivity contribution in [3.8, 4) is 0 Å². The number of carbonyl (C=O) groups excluding carboxylic acids is 1. The van der Waals surface area contributed by atoms with Crippen LogP contribution in [0.1, 0.15) is 12.0 Å². The molecular weight excluding hydrogens is 228 g/mol. The Kier molecular flexibility index (Phi) is 2.96. The minimum absolute atomic E-state index is 0.0953. The predicted molar refractivity (Wildman–Crippen MR) is 58.4 cm³/mol. The van der Waals surface area contributed by atoms with Crippen LogP contribution in [0.5, 0.6) is 0 Å². The van der Waals surface area contributed by atoms with Crippen LogP contribution in [-0.2, 0) is 26.0 Å². The maximum absolute atomic E-state index is 11.4. The molecule has 0 N–H and O–H groups in total. The summed E-state index contributed by atoms with van der Waals surface area (Å²) in [5.41, 5.74) is 0.854. The van der Waals surface area contributed by atoms with Gasteiger partial charge in [-0.25, -0.2) is 8.42 Å². The highest BCUT2D eigenvalue weighted by Gasteiger charge is 2.42. The zero-order valence-corrected chi connectivity index (χ0v) is 9.44. The summed E-state index contributed by atoms with van der Waals surface area (Å²) >= 11 is 0. The molecule has 1 fully saturated rings. The molecule has 1 saturated heterocycles. The summed E-state index contributed by atoms with van der Waals surface area (Å²) in [4.78, 5) is 11.4. The third-order valence-corrected chi connectivity index (χ3v) is 4.68. The van der Waals surface area contributed by atoms with Gasteiger partial charge < -0.3 is 4.74 Å². The monoisotopic (exact) mass is 240 g/mol. The molecule has 1 aromatic rings. The Bertz CT molecular complexity index is 478. The van der Waals surface area contributed by atoms with Crippen molar-refractivity contribution < 1.29 is 17.9 Å². The molecule has 1 aliphatic rings. The van der Waals surface area contributed by atoms with Gasteiger partial charge in [0.1, 0.15) is 6.61 Å². The largest absolute Gasteiger partial charge is 0.460 e. The summed E-state index contributed by atoms with van der Waals surface area (Å²) in [5, 5.41) is -0.934. The first-order chi connectivity index (χ1) is 7.59. The molecule has 0 saturated carbocycles. The quantitative estimate of drug-likeness (QED) is 0.737. The molecule has 86 valence electrons. The molecule has 1 atom stereocenters. The van der Waals surface area contributed by atoms with Crippen LogP contribution in [-0.4, -0.2) is 25.4 Å². The van der Waals surface area contributed by atoms with Crippen molar-refractivity contribution in [3.05, 3.63) is 35.9 Å². The van der Waals surface area contributed by atoms with E-state index in [0.717, 1.165) is 5.56 Å². The molecule has 0 spiro atoms. The zero-order valence-electron chi connectivity index (χ0n) is 8.63. The van der Waals surface area contributed by atoms with Crippen LogP contribution in [0, 0.1) is 0 Å². The summed E-state index contributed by atoms with van der Waals surface area (Å²) < 4.78 is 27.3. The first kappa shape index (κ1) is 11.1. The molecule has 0 bridgehead atoms. The molecule has 0 amide bonds. The lowest BCUT2D eigenvalue weighted by Gasteiger charge is -2.23. The van der Waals surface area contributed by atoms with Gasteiger partial charge in [0.2, 0.25) is 0 Å². The molecule has 1 heterocycles. The van der Waals surface area contributed by atoms with Gasteiger partial charge in [-0.1, -0.05) is 30.3 Å². The average Bonchev–Trinajstić information content (AvgIpc) is 2.26. The van der Waals surface area contributed by atoms with Crippen LogP contribution in [0.25, 0.3) is 0 Å². The normalized spacial score (nSPS) is 22.1. The topological polar surface area (TPSA) is 60.4 Å². The first-order valence-electron chi connectivity index (χ1n) is 5.02. The Balaban J connectivity index is 1.90. The molecule has 5 heteroatoms. The summed E-state index contributed by atoms with van der Waals surface area (Å²) in [6.45, 7) is 0.131. The lowest BCUT2D eigenvalue weighted by Crippen LogP contribution is -2.43. The summed E-state index contributed by atoms with van der Waals surface area (Å²) in [5.74, 6) is -0.534. The van der Waals surface area contributed by atoms with Gasteiger partial charge in [-0.2, -0.15) is 0 Å². The van der Waals surface area contributed by atoms with Gasteiger partial charge in [0.25, 0.3) is 0 Å². The Hall–Kier alpha value is -1.36. The minimum atomic E-state index is -3.20. The van der Waals surface area contributed by atoms with E-state index >= 15 is 0 Å². The van der Waals surface area contributed by atoms with Crippen molar-refractivity contribution in [1.82, 2.24) is 0 Å². The van der Waals surface area contributed by atoms with E-state index in [0.29, 0.717) is 6.42 Å². The van der Waals surface area contributed by atoms with Crippen molar-refractivity contribution in [1.29, 1.82) is 0 Å². The second kappa shape index (κ2) is 4.25. The SMILES string of the molecule is O=C(OCc1ccccc1)C1CCS1(=O)=O. The van der Waals surface area contributed by atoms with Crippen molar-refractivity contribution in [2.75, 3.05) is 5.75 Å². The zero-order chi connectivity index (χ0) is 11.6. The highest BCUT2D eigenvalue weighted by atomic mass is 32.2. The average molecular weight is 240 g/mol. The van der Waals surface area contributed by atoms with E-state index in [1.165, 1.54) is 0 Å². The van der Waals surface area contributed by atoms with Crippen LogP contribution < -0.4 is 0 Å². The van der Waals surface area contributed by atoms with E-state index in [2.05, 4.69) is 0 Å². The number of hydrogen-bond donors (Lipinski definition) is 0. The van der Waals surface area contributed by atoms with Crippen molar-refractivity contribution in [2.24, 2.45) is 0 Å². The third kappa shape index (κ3) is 2.24. The highest BCUT2D eigenvalue weighted by molar-refractivity contribution is 7.94. The molecular formula is C11H12O4S. The van der Waals surface area contributed by atoms with Crippen molar-refractivity contribution in [2.45, 2.75) is 18.3 Å². The molecule has 16 heavy (non-hydrogen) atoms. The Morgan fingerprint density at radius 2 is 2.00 bits per heavy atom. The van der Waals surface area contributed by atoms with E-state index in [-0.39, 0.29) is 12.4 Å². The molecule has 4 nitrogen and oxygen atoms in total. The molecule has 1 aliphatic heterocycles. The second-order valence-electron chi connectivity index (χ2n) is 3.74. The Morgan fingerprint density at radius 3 is 2.50 bits per heavy atom. The number of esters is 1. The van der Waals surface area contributed by atoms with Gasteiger partial charge in [-0.05, 0) is 12.0 Å². The fraction of sp³-hybridized carbons (Fsp3) is 0.364. The summed E-state index contributed by atoms with van der Waals surface area (Å²) in [7, 11) is -3.20. The van der Waals surface area contributed by atoms with E-state index in [9.17, 15) is 13.2 Å². The number of hydrogen-bond acceptors (Lipinski definition) is 4. The Morgan fingerprint density at radius 1 is 1.31 bits per heavy atom. The lowest BCUT2D eigenvalue weighted by molar-refractivity contribution is -0.144. The van der Waals surface area contributed by atoms with Crippen molar-refractivity contribution >= 4 is 15.8 Å². The van der Waals surface area contributed by atoms with Crippen molar-refractivity contribution in [3.63, 3.8) is 0 Å². The van der Waals surface area contributed by atoms with Crippen LogP contribution in [0.2, 0.25) is 0 Å². The fourth-order valence-electron chi connectivity index (χ4n) is 1.51. The number of sulfone groups is 1. The van der Waals surface area contributed by atoms with Crippen LogP contribution in [0.3, 0.4) is 0 Å². The Labute approximate surface area is 94.2 Å². The van der Waals surface area contributed by atoms with E-state index in [1.54, 1.807) is 0 Å². The lowest BCUT2D eigenvalue weighted by atomic mass is 10.2. The molecule has 0 aromatic heterocycles. The van der Waals surface area contributed by atoms with Gasteiger partial charge in [-0.3, -0.25) is 4.79 Å². The van der Waals surface area contributed by atoms with Crippen LogP contribution in [0.4, 0.5) is 0 Å². The van der Waals surface area contributed by atoms with E-state index < -0.39 is 21.1 Å². The molecule has 1 aromatic carbocycles. The first-order valence-corrected chi connectivity index (χ1v) is 6.73. The van der Waals surface area contributed by atoms with Crippen LogP contribution >= 0.6 is 0 Å². The van der Waals surface area contributed by atoms with Crippen LogP contribution in [0.15, 0.2) is 30.3 Å². The standard InChI is InChI=1S/C11H12O4S/c12-11(10-6-7-16(10,13)14)15-8-9-4-2-1-3-5-9/h1-5,10H,6-8H2. The van der Waals surface area contributed by atoms with Gasteiger partial charge >= 0.3 is 5.97 Å². The van der Waals surface area contributed by atoms with Gasteiger partial charge in [0.05, 0.1) is 5.75 Å². The second-order valence-corrected chi connectivity index (χ2v) is 6.04. The number of benzene rings is 1. The third-order valence-electron chi connectivity index (χ3n) is 2.58. The van der Waals surface area contributed by atoms with Gasteiger partial charge in [0.15, 0.2) is 15.1 Å². The van der Waals surface area contributed by atoms with Gasteiger partial charge in [0, 0.05) is 0 Å². The number of ether oxygens (including phenoxy) is 1. The number of rotatable bonds is 3. The molecule has 1 unspecified atom stereocenters. The minimum Gasteiger partial charge on any atom is -0.460 e. The predicted octanol–water partition coefficient (Wildman–Crippen LogP) is 0.917. The molecule has 0 aliphatic carbocycles. The maximum Gasteiger partial charge on any atom is 0.324 e. The highest BCUT2D eigenvalue weighted by Crippen LogP contribution is 2.22. The molecule has 2 rings (SSSR count). The smallest absolute Gasteiger partial charge is 0.324 e. The van der Waals surface area contributed by atoms with Gasteiger partial charge in [-0.15, -0.1) is 0 Å². The summed E-state index contributed by atoms with van der Waals surface area (Å²) in [6.07, 6.45) is 0.385. The maximum atomic E-state index is 11.4. The molecule has 0 radical (unpaired) electrons. The fourth-order valence-corrected chi connectivity index (χ4v) is 2.73.